The molecule has 0 saturated heterocycles. The molecule has 4 heterocycles. The Morgan fingerprint density at radius 3 is 1.87 bits per heavy atom. The van der Waals surface area contributed by atoms with Gasteiger partial charge in [-0.05, 0) is 18.4 Å². The number of benzene rings is 1. The van der Waals surface area contributed by atoms with E-state index in [0.29, 0.717) is 22.9 Å². The Kier molecular flexibility index (Phi) is 6.62. The normalized spacial score (nSPS) is 11.7. The minimum atomic E-state index is -1.46. The smallest absolute Gasteiger partial charge is 0.283 e. The molecule has 0 unspecified atom stereocenters. The van der Waals surface area contributed by atoms with Crippen molar-refractivity contribution in [2.24, 2.45) is 0 Å². The van der Waals surface area contributed by atoms with Gasteiger partial charge in [-0.2, -0.15) is 29.2 Å². The van der Waals surface area contributed by atoms with Crippen LogP contribution in [0.5, 0.6) is 11.8 Å². The van der Waals surface area contributed by atoms with Crippen LogP contribution in [0.4, 0.5) is 5.69 Å². The number of hydrogen-bond acceptors (Lipinski definition) is 12. The molecule has 38 heavy (non-hydrogen) atoms. The van der Waals surface area contributed by atoms with Gasteiger partial charge in [-0.3, -0.25) is 19.7 Å². The van der Waals surface area contributed by atoms with Crippen LogP contribution < -0.4 is 11.1 Å². The molecule has 196 valence electrons. The number of aromatic hydroxyl groups is 2. The van der Waals surface area contributed by atoms with Crippen LogP contribution in [0.3, 0.4) is 0 Å². The van der Waals surface area contributed by atoms with Gasteiger partial charge in [0.15, 0.2) is 0 Å². The lowest BCUT2D eigenvalue weighted by molar-refractivity contribution is -0.384. The number of fused-ring (bicyclic) bond motifs is 2. The fraction of sp³-hybridized carbons (Fsp3) is 0.304. The summed E-state index contributed by atoms with van der Waals surface area (Å²) in [6.45, 7) is 3.90. The Hall–Kier alpha value is -4.24. The van der Waals surface area contributed by atoms with E-state index in [-0.39, 0.29) is 32.3 Å². The molecule has 0 aliphatic carbocycles. The predicted octanol–water partition coefficient (Wildman–Crippen LogP) is 3.02. The minimum absolute atomic E-state index is 0.0931. The molecule has 0 radical (unpaired) electrons. The topological polar surface area (TPSA) is 178 Å². The fourth-order valence-electron chi connectivity index (χ4n) is 4.20. The van der Waals surface area contributed by atoms with Crippen LogP contribution in [0, 0.1) is 10.1 Å². The second-order valence-corrected chi connectivity index (χ2v) is 10.6. The molecule has 0 spiro atoms. The summed E-state index contributed by atoms with van der Waals surface area (Å²) < 4.78 is 2.05. The quantitative estimate of drug-likeness (QED) is 0.213. The molecule has 0 amide bonds. The summed E-state index contributed by atoms with van der Waals surface area (Å²) in [7, 11) is 0. The average molecular weight is 556 g/mol. The molecule has 2 N–H and O–H groups in total. The van der Waals surface area contributed by atoms with E-state index >= 15 is 0 Å². The number of nitrogens with zero attached hydrogens (tertiary/aromatic N) is 7. The zero-order valence-corrected chi connectivity index (χ0v) is 21.8. The SMILES string of the molecule is CCCc1nn2c(=O)c(C(c3cccc([N+](=O)[O-])c3)c3c(O)nc4sc(CCC)nn4c3=O)c(O)nc2s1. The summed E-state index contributed by atoms with van der Waals surface area (Å²) in [6.07, 6.45) is 2.72. The second-order valence-electron chi connectivity index (χ2n) is 8.47. The number of nitro benzene ring substituents is 1. The first kappa shape index (κ1) is 25.4. The van der Waals surface area contributed by atoms with Gasteiger partial charge >= 0.3 is 0 Å². The number of rotatable bonds is 8. The van der Waals surface area contributed by atoms with Gasteiger partial charge in [0.2, 0.25) is 21.7 Å². The van der Waals surface area contributed by atoms with Crippen LogP contribution in [0.1, 0.15) is 59.3 Å². The summed E-state index contributed by atoms with van der Waals surface area (Å²) in [6, 6.07) is 5.25. The third kappa shape index (κ3) is 4.28. The van der Waals surface area contributed by atoms with Gasteiger partial charge in [0, 0.05) is 25.0 Å². The first-order chi connectivity index (χ1) is 18.2. The lowest BCUT2D eigenvalue weighted by Gasteiger charge is -2.18. The van der Waals surface area contributed by atoms with E-state index in [0.717, 1.165) is 44.5 Å². The van der Waals surface area contributed by atoms with Crippen molar-refractivity contribution in [3.05, 3.63) is 81.8 Å². The summed E-state index contributed by atoms with van der Waals surface area (Å²) >= 11 is 2.28. The molecule has 1 aromatic carbocycles. The molecular formula is C23H21N7O6S2. The van der Waals surface area contributed by atoms with E-state index < -0.39 is 33.7 Å². The van der Waals surface area contributed by atoms with Crippen LogP contribution in [0.15, 0.2) is 33.9 Å². The molecule has 5 rings (SSSR count). The maximum absolute atomic E-state index is 13.7. The summed E-state index contributed by atoms with van der Waals surface area (Å²) in [5.41, 5.74) is -2.54. The predicted molar refractivity (Wildman–Crippen MR) is 140 cm³/mol. The summed E-state index contributed by atoms with van der Waals surface area (Å²) in [5, 5.41) is 43.3. The van der Waals surface area contributed by atoms with E-state index in [9.17, 15) is 29.9 Å². The molecule has 0 aliphatic heterocycles. The van der Waals surface area contributed by atoms with Gasteiger partial charge in [-0.15, -0.1) is 0 Å². The van der Waals surface area contributed by atoms with Gasteiger partial charge < -0.3 is 10.2 Å². The monoisotopic (exact) mass is 555 g/mol. The van der Waals surface area contributed by atoms with E-state index in [1.54, 1.807) is 0 Å². The van der Waals surface area contributed by atoms with Crippen molar-refractivity contribution in [2.75, 3.05) is 0 Å². The zero-order valence-electron chi connectivity index (χ0n) is 20.2. The first-order valence-corrected chi connectivity index (χ1v) is 13.3. The Balaban J connectivity index is 1.85. The number of nitro groups is 1. The number of non-ortho nitro benzene ring substituents is 1. The Bertz CT molecular complexity index is 1720. The number of aromatic nitrogens is 6. The van der Waals surface area contributed by atoms with Crippen molar-refractivity contribution in [3.8, 4) is 11.8 Å². The standard InChI is InChI=1S/C23H21N7O6S2/c1-3-6-13-26-28-20(33)16(18(31)24-22(28)37-13)15(11-8-5-9-12(10-11)30(35)36)17-19(32)25-23-29(21(17)34)27-14(38-23)7-4-2/h5,8-10,15,31-32H,3-4,6-7H2,1-2H3. The zero-order chi connectivity index (χ0) is 27.1. The van der Waals surface area contributed by atoms with Crippen molar-refractivity contribution in [3.63, 3.8) is 0 Å². The number of hydrogen-bond donors (Lipinski definition) is 2. The molecule has 5 aromatic rings. The van der Waals surface area contributed by atoms with Crippen LogP contribution in [0.2, 0.25) is 0 Å². The summed E-state index contributed by atoms with van der Waals surface area (Å²) in [4.78, 5) is 46.9. The first-order valence-electron chi connectivity index (χ1n) is 11.7. The van der Waals surface area contributed by atoms with Crippen molar-refractivity contribution < 1.29 is 15.1 Å². The molecule has 15 heteroatoms. The van der Waals surface area contributed by atoms with E-state index in [4.69, 9.17) is 0 Å². The molecular weight excluding hydrogens is 534 g/mol. The van der Waals surface area contributed by atoms with Crippen LogP contribution in [-0.2, 0) is 12.8 Å². The van der Waals surface area contributed by atoms with E-state index in [1.807, 2.05) is 13.8 Å². The molecule has 0 saturated carbocycles. The van der Waals surface area contributed by atoms with Gasteiger partial charge in [0.25, 0.3) is 16.8 Å². The lowest BCUT2D eigenvalue weighted by Crippen LogP contribution is -2.29. The molecule has 0 atom stereocenters. The van der Waals surface area contributed by atoms with Gasteiger partial charge in [0.1, 0.15) is 10.0 Å². The molecule has 4 aromatic heterocycles. The van der Waals surface area contributed by atoms with Crippen LogP contribution in [0.25, 0.3) is 9.92 Å². The van der Waals surface area contributed by atoms with Crippen molar-refractivity contribution in [2.45, 2.75) is 45.4 Å². The number of aryl methyl sites for hydroxylation is 2. The third-order valence-corrected chi connectivity index (χ3v) is 7.79. The third-order valence-electron chi connectivity index (χ3n) is 5.85. The lowest BCUT2D eigenvalue weighted by atomic mass is 9.86. The van der Waals surface area contributed by atoms with Crippen LogP contribution in [-0.4, -0.2) is 44.3 Å². The highest BCUT2D eigenvalue weighted by molar-refractivity contribution is 7.16. The molecule has 13 nitrogen and oxygen atoms in total. The van der Waals surface area contributed by atoms with E-state index in [2.05, 4.69) is 20.2 Å². The average Bonchev–Trinajstić information content (AvgIpc) is 3.47. The van der Waals surface area contributed by atoms with Crippen molar-refractivity contribution in [1.82, 2.24) is 29.2 Å². The highest BCUT2D eigenvalue weighted by Crippen LogP contribution is 2.37. The Morgan fingerprint density at radius 2 is 1.42 bits per heavy atom. The highest BCUT2D eigenvalue weighted by Gasteiger charge is 2.33. The van der Waals surface area contributed by atoms with Gasteiger partial charge in [0.05, 0.1) is 22.0 Å². The van der Waals surface area contributed by atoms with Gasteiger partial charge in [-0.1, -0.05) is 48.7 Å². The maximum Gasteiger partial charge on any atom is 0.283 e. The van der Waals surface area contributed by atoms with Crippen molar-refractivity contribution in [1.29, 1.82) is 0 Å². The van der Waals surface area contributed by atoms with E-state index in [1.165, 1.54) is 24.3 Å². The van der Waals surface area contributed by atoms with Crippen molar-refractivity contribution >= 4 is 38.3 Å². The van der Waals surface area contributed by atoms with Crippen LogP contribution >= 0.6 is 22.7 Å². The van der Waals surface area contributed by atoms with Gasteiger partial charge in [-0.25, -0.2) is 0 Å². The highest BCUT2D eigenvalue weighted by atomic mass is 32.1. The molecule has 0 fully saturated rings. The molecule has 0 aliphatic rings. The second kappa shape index (κ2) is 9.90. The molecule has 0 bridgehead atoms. The Morgan fingerprint density at radius 1 is 0.921 bits per heavy atom. The maximum atomic E-state index is 13.7. The fourth-order valence-corrected chi connectivity index (χ4v) is 6.17. The largest absolute Gasteiger partial charge is 0.493 e. The minimum Gasteiger partial charge on any atom is -0.493 e. The summed E-state index contributed by atoms with van der Waals surface area (Å²) in [5.74, 6) is -2.84. The Labute approximate surface area is 221 Å².